The first-order chi connectivity index (χ1) is 7.77. The zero-order valence-electron chi connectivity index (χ0n) is 9.23. The lowest BCUT2D eigenvalue weighted by atomic mass is 10.0. The minimum Gasteiger partial charge on any atom is -0.350 e. The molecule has 2 rings (SSSR count). The molecule has 0 aromatic carbocycles. The van der Waals surface area contributed by atoms with Crippen molar-refractivity contribution < 1.29 is 4.79 Å². The van der Waals surface area contributed by atoms with Gasteiger partial charge in [0.05, 0.1) is 18.2 Å². The summed E-state index contributed by atoms with van der Waals surface area (Å²) in [5.41, 5.74) is 6.75. The molecule has 2 unspecified atom stereocenters. The van der Waals surface area contributed by atoms with Gasteiger partial charge in [-0.3, -0.25) is 9.78 Å². The lowest BCUT2D eigenvalue weighted by Crippen LogP contribution is -2.38. The van der Waals surface area contributed by atoms with Gasteiger partial charge in [-0.1, -0.05) is 12.5 Å². The van der Waals surface area contributed by atoms with E-state index in [2.05, 4.69) is 10.3 Å². The predicted octanol–water partition coefficient (Wildman–Crippen LogP) is 0.825. The van der Waals surface area contributed by atoms with E-state index >= 15 is 0 Å². The third kappa shape index (κ3) is 2.58. The fourth-order valence-corrected chi connectivity index (χ4v) is 2.13. The van der Waals surface area contributed by atoms with E-state index in [1.54, 1.807) is 6.20 Å². The Kier molecular flexibility index (Phi) is 3.51. The fourth-order valence-electron chi connectivity index (χ4n) is 2.13. The Morgan fingerprint density at radius 1 is 1.50 bits per heavy atom. The van der Waals surface area contributed by atoms with Gasteiger partial charge >= 0.3 is 0 Å². The first-order valence-electron chi connectivity index (χ1n) is 5.70. The minimum absolute atomic E-state index is 0.0105. The predicted molar refractivity (Wildman–Crippen MR) is 61.4 cm³/mol. The number of hydrogen-bond acceptors (Lipinski definition) is 3. The van der Waals surface area contributed by atoms with Gasteiger partial charge in [-0.15, -0.1) is 0 Å². The summed E-state index contributed by atoms with van der Waals surface area (Å²) >= 11 is 0. The molecule has 0 bridgehead atoms. The summed E-state index contributed by atoms with van der Waals surface area (Å²) in [5.74, 6) is 0.0550. The summed E-state index contributed by atoms with van der Waals surface area (Å²) in [7, 11) is 0. The molecule has 2 atom stereocenters. The molecule has 0 spiro atoms. The van der Waals surface area contributed by atoms with Crippen molar-refractivity contribution in [3.05, 3.63) is 30.1 Å². The quantitative estimate of drug-likeness (QED) is 0.791. The molecule has 0 saturated heterocycles. The molecular weight excluding hydrogens is 202 g/mol. The van der Waals surface area contributed by atoms with Crippen LogP contribution in [0.4, 0.5) is 0 Å². The zero-order chi connectivity index (χ0) is 11.4. The maximum atomic E-state index is 11.8. The molecule has 1 heterocycles. The Balaban J connectivity index is 1.84. The maximum absolute atomic E-state index is 11.8. The van der Waals surface area contributed by atoms with Crippen LogP contribution in [0.2, 0.25) is 0 Å². The Bertz CT molecular complexity index is 353. The standard InChI is InChI=1S/C12H17N3O/c13-11-6-3-5-10(11)12(16)15-8-9-4-1-2-7-14-9/h1-2,4,7,10-11H,3,5-6,8,13H2,(H,15,16). The van der Waals surface area contributed by atoms with Crippen LogP contribution in [0.3, 0.4) is 0 Å². The van der Waals surface area contributed by atoms with Crippen molar-refractivity contribution in [2.45, 2.75) is 31.8 Å². The molecule has 0 radical (unpaired) electrons. The average molecular weight is 219 g/mol. The molecule has 1 amide bonds. The molecule has 4 nitrogen and oxygen atoms in total. The number of carbonyl (C=O) groups excluding carboxylic acids is 1. The molecule has 3 N–H and O–H groups in total. The summed E-state index contributed by atoms with van der Waals surface area (Å²) in [5, 5.41) is 2.89. The van der Waals surface area contributed by atoms with Crippen molar-refractivity contribution in [2.24, 2.45) is 11.7 Å². The molecule has 1 saturated carbocycles. The van der Waals surface area contributed by atoms with Crippen LogP contribution < -0.4 is 11.1 Å². The second kappa shape index (κ2) is 5.07. The molecule has 0 aliphatic heterocycles. The Hall–Kier alpha value is -1.42. The van der Waals surface area contributed by atoms with Crippen LogP contribution in [0.25, 0.3) is 0 Å². The van der Waals surface area contributed by atoms with E-state index in [9.17, 15) is 4.79 Å². The minimum atomic E-state index is -0.0105. The number of nitrogens with one attached hydrogen (secondary N) is 1. The number of nitrogens with zero attached hydrogens (tertiary/aromatic N) is 1. The lowest BCUT2D eigenvalue weighted by molar-refractivity contribution is -0.125. The Morgan fingerprint density at radius 2 is 2.38 bits per heavy atom. The van der Waals surface area contributed by atoms with Crippen LogP contribution in [0.1, 0.15) is 25.0 Å². The topological polar surface area (TPSA) is 68.0 Å². The highest BCUT2D eigenvalue weighted by atomic mass is 16.1. The highest BCUT2D eigenvalue weighted by molar-refractivity contribution is 5.79. The van der Waals surface area contributed by atoms with Gasteiger partial charge in [-0.05, 0) is 25.0 Å². The van der Waals surface area contributed by atoms with Crippen LogP contribution in [-0.2, 0) is 11.3 Å². The van der Waals surface area contributed by atoms with Crippen LogP contribution in [0.5, 0.6) is 0 Å². The number of nitrogens with two attached hydrogens (primary N) is 1. The normalized spacial score (nSPS) is 24.3. The van der Waals surface area contributed by atoms with Gasteiger partial charge in [0.25, 0.3) is 0 Å². The van der Waals surface area contributed by atoms with E-state index in [1.165, 1.54) is 0 Å². The zero-order valence-corrected chi connectivity index (χ0v) is 9.23. The van der Waals surface area contributed by atoms with Crippen LogP contribution in [0, 0.1) is 5.92 Å². The van der Waals surface area contributed by atoms with Gasteiger partial charge in [-0.2, -0.15) is 0 Å². The Morgan fingerprint density at radius 3 is 3.00 bits per heavy atom. The summed E-state index contributed by atoms with van der Waals surface area (Å²) in [6.45, 7) is 0.489. The SMILES string of the molecule is NC1CCCC1C(=O)NCc1ccccn1. The van der Waals surface area contributed by atoms with Crippen molar-refractivity contribution in [1.82, 2.24) is 10.3 Å². The number of rotatable bonds is 3. The van der Waals surface area contributed by atoms with E-state index in [0.717, 1.165) is 25.0 Å². The van der Waals surface area contributed by atoms with Crippen molar-refractivity contribution in [3.63, 3.8) is 0 Å². The van der Waals surface area contributed by atoms with Crippen molar-refractivity contribution in [3.8, 4) is 0 Å². The van der Waals surface area contributed by atoms with E-state index in [4.69, 9.17) is 5.73 Å². The molecule has 16 heavy (non-hydrogen) atoms. The van der Waals surface area contributed by atoms with Gasteiger partial charge in [0, 0.05) is 12.2 Å². The number of carbonyl (C=O) groups is 1. The third-order valence-corrected chi connectivity index (χ3v) is 3.08. The van der Waals surface area contributed by atoms with Gasteiger partial charge in [0.15, 0.2) is 0 Å². The highest BCUT2D eigenvalue weighted by Crippen LogP contribution is 2.23. The van der Waals surface area contributed by atoms with Crippen molar-refractivity contribution in [1.29, 1.82) is 0 Å². The number of hydrogen-bond donors (Lipinski definition) is 2. The summed E-state index contributed by atoms with van der Waals surface area (Å²) < 4.78 is 0. The molecule has 1 aliphatic carbocycles. The average Bonchev–Trinajstić information content (AvgIpc) is 2.74. The first-order valence-corrected chi connectivity index (χ1v) is 5.70. The van der Waals surface area contributed by atoms with E-state index < -0.39 is 0 Å². The fraction of sp³-hybridized carbons (Fsp3) is 0.500. The smallest absolute Gasteiger partial charge is 0.224 e. The summed E-state index contributed by atoms with van der Waals surface area (Å²) in [6.07, 6.45) is 4.66. The van der Waals surface area contributed by atoms with E-state index in [0.29, 0.717) is 6.54 Å². The Labute approximate surface area is 95.3 Å². The lowest BCUT2D eigenvalue weighted by Gasteiger charge is -2.14. The largest absolute Gasteiger partial charge is 0.350 e. The van der Waals surface area contributed by atoms with E-state index in [1.807, 2.05) is 18.2 Å². The van der Waals surface area contributed by atoms with Crippen molar-refractivity contribution >= 4 is 5.91 Å². The van der Waals surface area contributed by atoms with Gasteiger partial charge in [0.1, 0.15) is 0 Å². The van der Waals surface area contributed by atoms with Crippen LogP contribution in [-0.4, -0.2) is 16.9 Å². The van der Waals surface area contributed by atoms with Crippen molar-refractivity contribution in [2.75, 3.05) is 0 Å². The van der Waals surface area contributed by atoms with Crippen LogP contribution in [0.15, 0.2) is 24.4 Å². The maximum Gasteiger partial charge on any atom is 0.224 e. The molecule has 1 aliphatic rings. The molecule has 4 heteroatoms. The molecule has 1 fully saturated rings. The molecule has 86 valence electrons. The first kappa shape index (κ1) is 11.1. The van der Waals surface area contributed by atoms with Crippen LogP contribution >= 0.6 is 0 Å². The molecular formula is C12H17N3O. The molecule has 1 aromatic heterocycles. The highest BCUT2D eigenvalue weighted by Gasteiger charge is 2.29. The van der Waals surface area contributed by atoms with E-state index in [-0.39, 0.29) is 17.9 Å². The second-order valence-corrected chi connectivity index (χ2v) is 4.24. The summed E-state index contributed by atoms with van der Waals surface area (Å²) in [6, 6.07) is 5.70. The molecule has 1 aromatic rings. The number of amides is 1. The summed E-state index contributed by atoms with van der Waals surface area (Å²) in [4.78, 5) is 16.0. The number of aromatic nitrogens is 1. The number of pyridine rings is 1. The van der Waals surface area contributed by atoms with Gasteiger partial charge in [0.2, 0.25) is 5.91 Å². The third-order valence-electron chi connectivity index (χ3n) is 3.08. The second-order valence-electron chi connectivity index (χ2n) is 4.24. The van der Waals surface area contributed by atoms with Gasteiger partial charge < -0.3 is 11.1 Å². The monoisotopic (exact) mass is 219 g/mol. The van der Waals surface area contributed by atoms with Gasteiger partial charge in [-0.25, -0.2) is 0 Å².